The van der Waals surface area contributed by atoms with Gasteiger partial charge in [-0.3, -0.25) is 9.59 Å². The van der Waals surface area contributed by atoms with Crippen LogP contribution in [0.5, 0.6) is 17.2 Å². The number of aromatic nitrogens is 1. The Morgan fingerprint density at radius 2 is 1.76 bits per heavy atom. The minimum absolute atomic E-state index is 0.214. The maximum atomic E-state index is 13.2. The second-order valence-corrected chi connectivity index (χ2v) is 8.10. The number of carbonyl (C=O) groups excluding carboxylic acids is 2. The van der Waals surface area contributed by atoms with Gasteiger partial charge in [0.25, 0.3) is 5.91 Å². The van der Waals surface area contributed by atoms with Crippen molar-refractivity contribution in [3.63, 3.8) is 0 Å². The van der Waals surface area contributed by atoms with Gasteiger partial charge in [-0.2, -0.15) is 0 Å². The molecule has 0 spiro atoms. The van der Waals surface area contributed by atoms with E-state index in [1.54, 1.807) is 21.3 Å². The smallest absolute Gasteiger partial charge is 0.261 e. The first-order valence-corrected chi connectivity index (χ1v) is 11.0. The van der Waals surface area contributed by atoms with Crippen molar-refractivity contribution in [2.75, 3.05) is 34.5 Å². The molecule has 0 fully saturated rings. The minimum Gasteiger partial charge on any atom is -0.493 e. The molecule has 1 unspecified atom stereocenters. The lowest BCUT2D eigenvalue weighted by molar-refractivity contribution is -0.142. The number of hydrogen-bond donors (Lipinski definition) is 1. The van der Waals surface area contributed by atoms with Crippen LogP contribution in [0.2, 0.25) is 0 Å². The first kappa shape index (κ1) is 23.4. The first-order valence-electron chi connectivity index (χ1n) is 11.0. The number of benzene rings is 2. The third kappa shape index (κ3) is 4.51. The maximum absolute atomic E-state index is 13.2. The number of amides is 2. The standard InChI is InChI=1S/C25H29N3O6/c1-31-10-9-27-8-7-18-19(27)5-4-6-21(18)34-15-24(29)28-14-17-13-23(33-3)22(32-2)12-16(17)11-20(28)25(26)30/h4-8,12-13,20H,9-11,14-15H2,1-3H3,(H2,26,30). The van der Waals surface area contributed by atoms with Gasteiger partial charge >= 0.3 is 0 Å². The summed E-state index contributed by atoms with van der Waals surface area (Å²) in [5.41, 5.74) is 8.42. The Balaban J connectivity index is 1.53. The molecule has 1 aliphatic heterocycles. The molecule has 0 saturated carbocycles. The fourth-order valence-electron chi connectivity index (χ4n) is 4.36. The van der Waals surface area contributed by atoms with E-state index < -0.39 is 11.9 Å². The highest BCUT2D eigenvalue weighted by atomic mass is 16.5. The van der Waals surface area contributed by atoms with E-state index >= 15 is 0 Å². The van der Waals surface area contributed by atoms with Crippen LogP contribution >= 0.6 is 0 Å². The third-order valence-corrected chi connectivity index (χ3v) is 6.15. The van der Waals surface area contributed by atoms with Crippen molar-refractivity contribution in [1.82, 2.24) is 9.47 Å². The van der Waals surface area contributed by atoms with Gasteiger partial charge in [0.05, 0.1) is 26.3 Å². The quantitative estimate of drug-likeness (QED) is 0.517. The summed E-state index contributed by atoms with van der Waals surface area (Å²) < 4.78 is 23.9. The van der Waals surface area contributed by atoms with Crippen LogP contribution in [0.4, 0.5) is 0 Å². The Morgan fingerprint density at radius 1 is 1.03 bits per heavy atom. The monoisotopic (exact) mass is 467 g/mol. The maximum Gasteiger partial charge on any atom is 0.261 e. The predicted octanol–water partition coefficient (Wildman–Crippen LogP) is 2.12. The molecule has 1 aromatic heterocycles. The van der Waals surface area contributed by atoms with Crippen LogP contribution in [0.1, 0.15) is 11.1 Å². The average molecular weight is 468 g/mol. The molecule has 3 aromatic rings. The molecule has 34 heavy (non-hydrogen) atoms. The molecular weight excluding hydrogens is 438 g/mol. The molecule has 0 bridgehead atoms. The summed E-state index contributed by atoms with van der Waals surface area (Å²) in [6.07, 6.45) is 2.26. The lowest BCUT2D eigenvalue weighted by Gasteiger charge is -2.35. The number of rotatable bonds is 9. The average Bonchev–Trinajstić information content (AvgIpc) is 3.27. The normalized spacial score (nSPS) is 15.1. The minimum atomic E-state index is -0.771. The van der Waals surface area contributed by atoms with Gasteiger partial charge in [-0.25, -0.2) is 0 Å². The summed E-state index contributed by atoms with van der Waals surface area (Å²) in [6.45, 7) is 1.32. The summed E-state index contributed by atoms with van der Waals surface area (Å²) in [5.74, 6) is 0.845. The van der Waals surface area contributed by atoms with Crippen molar-refractivity contribution >= 4 is 22.7 Å². The van der Waals surface area contributed by atoms with E-state index in [0.29, 0.717) is 36.8 Å². The second-order valence-electron chi connectivity index (χ2n) is 8.10. The molecule has 1 atom stereocenters. The fraction of sp³-hybridized carbons (Fsp3) is 0.360. The predicted molar refractivity (Wildman–Crippen MR) is 126 cm³/mol. The molecule has 0 aliphatic carbocycles. The van der Waals surface area contributed by atoms with Gasteiger partial charge in [-0.15, -0.1) is 0 Å². The zero-order valence-corrected chi connectivity index (χ0v) is 19.6. The summed E-state index contributed by atoms with van der Waals surface area (Å²) in [4.78, 5) is 26.9. The SMILES string of the molecule is COCCn1ccc2c(OCC(=O)N3Cc4cc(OC)c(OC)cc4CC3C(N)=O)cccc21. The largest absolute Gasteiger partial charge is 0.493 e. The fourth-order valence-corrected chi connectivity index (χ4v) is 4.36. The molecule has 180 valence electrons. The number of fused-ring (bicyclic) bond motifs is 2. The Morgan fingerprint density at radius 3 is 2.44 bits per heavy atom. The molecule has 2 N–H and O–H groups in total. The van der Waals surface area contributed by atoms with Gasteiger partial charge in [0.1, 0.15) is 11.8 Å². The molecule has 2 heterocycles. The van der Waals surface area contributed by atoms with Crippen molar-refractivity contribution in [3.05, 3.63) is 53.7 Å². The summed E-state index contributed by atoms with van der Waals surface area (Å²) in [7, 11) is 4.77. The topological polar surface area (TPSA) is 105 Å². The Bertz CT molecular complexity index is 1200. The van der Waals surface area contributed by atoms with Crippen LogP contribution in [-0.2, 0) is 33.8 Å². The molecular formula is C25H29N3O6. The molecule has 9 heteroatoms. The Kier molecular flexibility index (Phi) is 6.93. The van der Waals surface area contributed by atoms with Crippen molar-refractivity contribution in [1.29, 1.82) is 0 Å². The number of ether oxygens (including phenoxy) is 4. The molecule has 4 rings (SSSR count). The van der Waals surface area contributed by atoms with E-state index in [0.717, 1.165) is 22.0 Å². The van der Waals surface area contributed by atoms with Gasteiger partial charge in [0.2, 0.25) is 5.91 Å². The number of hydrogen-bond acceptors (Lipinski definition) is 6. The first-order chi connectivity index (χ1) is 16.5. The van der Waals surface area contributed by atoms with Crippen LogP contribution < -0.4 is 19.9 Å². The zero-order chi connectivity index (χ0) is 24.2. The van der Waals surface area contributed by atoms with Gasteiger partial charge in [-0.1, -0.05) is 6.07 Å². The van der Waals surface area contributed by atoms with Gasteiger partial charge in [0, 0.05) is 38.2 Å². The van der Waals surface area contributed by atoms with Gasteiger partial charge in [-0.05, 0) is 41.5 Å². The van der Waals surface area contributed by atoms with E-state index in [2.05, 4.69) is 4.57 Å². The van der Waals surface area contributed by atoms with Crippen LogP contribution in [0, 0.1) is 0 Å². The third-order valence-electron chi connectivity index (χ3n) is 6.15. The zero-order valence-electron chi connectivity index (χ0n) is 19.6. The molecule has 2 aromatic carbocycles. The number of nitrogens with two attached hydrogens (primary N) is 1. The highest BCUT2D eigenvalue weighted by molar-refractivity contribution is 5.89. The van der Waals surface area contributed by atoms with Crippen LogP contribution in [0.3, 0.4) is 0 Å². The lowest BCUT2D eigenvalue weighted by atomic mass is 9.92. The van der Waals surface area contributed by atoms with E-state index in [4.69, 9.17) is 24.7 Å². The van der Waals surface area contributed by atoms with Gasteiger partial charge in [0.15, 0.2) is 18.1 Å². The molecule has 1 aliphatic rings. The highest BCUT2D eigenvalue weighted by Crippen LogP contribution is 2.35. The van der Waals surface area contributed by atoms with E-state index in [1.165, 1.54) is 4.90 Å². The van der Waals surface area contributed by atoms with Crippen LogP contribution in [0.25, 0.3) is 10.9 Å². The summed E-state index contributed by atoms with van der Waals surface area (Å²) >= 11 is 0. The van der Waals surface area contributed by atoms with Crippen LogP contribution in [0.15, 0.2) is 42.6 Å². The molecule has 0 saturated heterocycles. The van der Waals surface area contributed by atoms with Crippen molar-refractivity contribution in [3.8, 4) is 17.2 Å². The van der Waals surface area contributed by atoms with Crippen LogP contribution in [-0.4, -0.2) is 61.9 Å². The summed E-state index contributed by atoms with van der Waals surface area (Å²) in [5, 5.41) is 0.902. The number of nitrogens with zero attached hydrogens (tertiary/aromatic N) is 2. The number of primary amides is 1. The van der Waals surface area contributed by atoms with E-state index in [1.807, 2.05) is 42.6 Å². The number of methoxy groups -OCH3 is 3. The molecule has 9 nitrogen and oxygen atoms in total. The highest BCUT2D eigenvalue weighted by Gasteiger charge is 2.34. The van der Waals surface area contributed by atoms with E-state index in [-0.39, 0.29) is 19.1 Å². The second kappa shape index (κ2) is 10.0. The van der Waals surface area contributed by atoms with Gasteiger partial charge < -0.3 is 34.1 Å². The Hall–Kier alpha value is -3.72. The molecule has 2 amide bonds. The summed E-state index contributed by atoms with van der Waals surface area (Å²) in [6, 6.07) is 10.5. The number of carbonyl (C=O) groups is 2. The van der Waals surface area contributed by atoms with Crippen molar-refractivity contribution < 1.29 is 28.5 Å². The van der Waals surface area contributed by atoms with Crippen molar-refractivity contribution in [2.24, 2.45) is 5.73 Å². The molecule has 0 radical (unpaired) electrons. The Labute approximate surface area is 197 Å². The van der Waals surface area contributed by atoms with E-state index in [9.17, 15) is 9.59 Å². The van der Waals surface area contributed by atoms with Crippen molar-refractivity contribution in [2.45, 2.75) is 25.6 Å². The lowest BCUT2D eigenvalue weighted by Crippen LogP contribution is -2.52.